The lowest BCUT2D eigenvalue weighted by Crippen LogP contribution is -2.23. The molecule has 0 aliphatic rings. The molecule has 2 aromatic rings. The third-order valence-corrected chi connectivity index (χ3v) is 2.96. The highest BCUT2D eigenvalue weighted by molar-refractivity contribution is 5.39. The fourth-order valence-electron chi connectivity index (χ4n) is 1.96. The van der Waals surface area contributed by atoms with Gasteiger partial charge in [-0.2, -0.15) is 0 Å². The monoisotopic (exact) mass is 260 g/mol. The molecule has 0 atom stereocenters. The fourth-order valence-corrected chi connectivity index (χ4v) is 1.96. The molecule has 0 amide bonds. The largest absolute Gasteiger partial charge is 0.464 e. The molecule has 0 radical (unpaired) electrons. The van der Waals surface area contributed by atoms with Gasteiger partial charge >= 0.3 is 0 Å². The van der Waals surface area contributed by atoms with Gasteiger partial charge in [0.2, 0.25) is 0 Å². The topological polar surface area (TPSA) is 68.2 Å². The van der Waals surface area contributed by atoms with Crippen LogP contribution in [-0.2, 0) is 13.0 Å². The fraction of sp³-hybridized carbons (Fsp3) is 0.429. The van der Waals surface area contributed by atoms with Crippen LogP contribution in [0.3, 0.4) is 0 Å². The van der Waals surface area contributed by atoms with Crippen molar-refractivity contribution in [3.05, 3.63) is 41.7 Å². The summed E-state index contributed by atoms with van der Waals surface area (Å²) in [5, 5.41) is 0. The first-order chi connectivity index (χ1) is 9.22. The van der Waals surface area contributed by atoms with E-state index >= 15 is 0 Å². The molecule has 0 unspecified atom stereocenters. The predicted molar refractivity (Wildman–Crippen MR) is 75.0 cm³/mol. The highest BCUT2D eigenvalue weighted by Crippen LogP contribution is 2.16. The van der Waals surface area contributed by atoms with Gasteiger partial charge < -0.3 is 15.1 Å². The van der Waals surface area contributed by atoms with Gasteiger partial charge in [-0.25, -0.2) is 9.97 Å². The van der Waals surface area contributed by atoms with Gasteiger partial charge in [0.15, 0.2) is 0 Å². The van der Waals surface area contributed by atoms with E-state index in [1.165, 1.54) is 0 Å². The van der Waals surface area contributed by atoms with E-state index in [0.717, 1.165) is 36.0 Å². The summed E-state index contributed by atoms with van der Waals surface area (Å²) in [6, 6.07) is 5.97. The Morgan fingerprint density at radius 1 is 1.32 bits per heavy atom. The number of nitrogens with two attached hydrogens (primary N) is 1. The summed E-state index contributed by atoms with van der Waals surface area (Å²) in [5.74, 6) is 2.78. The van der Waals surface area contributed by atoms with E-state index in [0.29, 0.717) is 13.1 Å². The second-order valence-electron chi connectivity index (χ2n) is 4.43. The standard InChI is InChI=1S/C14H20N4O/c1-3-18(9-13-5-4-11(2)19-13)14-8-12(6-7-15)16-10-17-14/h4-5,8,10H,3,6-7,9,15H2,1-2H3. The Balaban J connectivity index is 2.14. The molecule has 102 valence electrons. The van der Waals surface area contributed by atoms with Crippen LogP contribution in [0.1, 0.15) is 24.1 Å². The van der Waals surface area contributed by atoms with Crippen LogP contribution in [-0.4, -0.2) is 23.1 Å². The van der Waals surface area contributed by atoms with Crippen molar-refractivity contribution in [2.75, 3.05) is 18.0 Å². The molecule has 5 heteroatoms. The lowest BCUT2D eigenvalue weighted by Gasteiger charge is -2.20. The Hall–Kier alpha value is -1.88. The van der Waals surface area contributed by atoms with Crippen LogP contribution in [0.2, 0.25) is 0 Å². The zero-order valence-corrected chi connectivity index (χ0v) is 11.5. The van der Waals surface area contributed by atoms with Gasteiger partial charge in [-0.1, -0.05) is 0 Å². The quantitative estimate of drug-likeness (QED) is 0.859. The molecule has 0 aliphatic heterocycles. The van der Waals surface area contributed by atoms with E-state index in [1.807, 2.05) is 25.1 Å². The summed E-state index contributed by atoms with van der Waals surface area (Å²) in [6.45, 7) is 6.21. The van der Waals surface area contributed by atoms with Crippen molar-refractivity contribution in [2.24, 2.45) is 5.73 Å². The van der Waals surface area contributed by atoms with E-state index in [4.69, 9.17) is 10.2 Å². The average molecular weight is 260 g/mol. The molecule has 0 spiro atoms. The van der Waals surface area contributed by atoms with Crippen LogP contribution in [0.25, 0.3) is 0 Å². The molecular weight excluding hydrogens is 240 g/mol. The summed E-state index contributed by atoms with van der Waals surface area (Å²) < 4.78 is 5.61. The van der Waals surface area contributed by atoms with Gasteiger partial charge in [0.05, 0.1) is 6.54 Å². The summed E-state index contributed by atoms with van der Waals surface area (Å²) >= 11 is 0. The minimum Gasteiger partial charge on any atom is -0.464 e. The Kier molecular flexibility index (Phi) is 4.52. The van der Waals surface area contributed by atoms with Crippen molar-refractivity contribution in [3.8, 4) is 0 Å². The van der Waals surface area contributed by atoms with Crippen molar-refractivity contribution in [1.82, 2.24) is 9.97 Å². The van der Waals surface area contributed by atoms with Crippen molar-refractivity contribution in [1.29, 1.82) is 0 Å². The Morgan fingerprint density at radius 2 is 2.16 bits per heavy atom. The zero-order valence-electron chi connectivity index (χ0n) is 11.5. The van der Waals surface area contributed by atoms with Crippen LogP contribution in [0.15, 0.2) is 28.9 Å². The molecule has 2 heterocycles. The second-order valence-corrected chi connectivity index (χ2v) is 4.43. The Labute approximate surface area is 113 Å². The van der Waals surface area contributed by atoms with Gasteiger partial charge in [0.1, 0.15) is 23.7 Å². The van der Waals surface area contributed by atoms with E-state index in [1.54, 1.807) is 6.33 Å². The van der Waals surface area contributed by atoms with Crippen LogP contribution in [0.5, 0.6) is 0 Å². The summed E-state index contributed by atoms with van der Waals surface area (Å²) in [4.78, 5) is 10.7. The third kappa shape index (κ3) is 3.54. The van der Waals surface area contributed by atoms with E-state index < -0.39 is 0 Å². The van der Waals surface area contributed by atoms with Crippen LogP contribution in [0, 0.1) is 6.92 Å². The number of aryl methyl sites for hydroxylation is 1. The van der Waals surface area contributed by atoms with E-state index in [-0.39, 0.29) is 0 Å². The lowest BCUT2D eigenvalue weighted by molar-refractivity contribution is 0.478. The number of nitrogens with zero attached hydrogens (tertiary/aromatic N) is 3. The summed E-state index contributed by atoms with van der Waals surface area (Å²) in [5.41, 5.74) is 6.53. The summed E-state index contributed by atoms with van der Waals surface area (Å²) in [6.07, 6.45) is 2.36. The van der Waals surface area contributed by atoms with Gasteiger partial charge in [0.25, 0.3) is 0 Å². The SMILES string of the molecule is CCN(Cc1ccc(C)o1)c1cc(CCN)ncn1. The first kappa shape index (κ1) is 13.5. The third-order valence-electron chi connectivity index (χ3n) is 2.96. The maximum absolute atomic E-state index is 5.61. The molecule has 2 aromatic heterocycles. The van der Waals surface area contributed by atoms with E-state index in [9.17, 15) is 0 Å². The highest BCUT2D eigenvalue weighted by Gasteiger charge is 2.10. The van der Waals surface area contributed by atoms with Gasteiger partial charge in [-0.3, -0.25) is 0 Å². The molecular formula is C14H20N4O. The number of aromatic nitrogens is 2. The van der Waals surface area contributed by atoms with Crippen LogP contribution >= 0.6 is 0 Å². The van der Waals surface area contributed by atoms with Gasteiger partial charge in [0, 0.05) is 24.7 Å². The maximum Gasteiger partial charge on any atom is 0.132 e. The molecule has 5 nitrogen and oxygen atoms in total. The Morgan fingerprint density at radius 3 is 2.79 bits per heavy atom. The maximum atomic E-state index is 5.61. The van der Waals surface area contributed by atoms with Gasteiger partial charge in [-0.05, 0) is 32.5 Å². The van der Waals surface area contributed by atoms with Crippen molar-refractivity contribution < 1.29 is 4.42 Å². The molecule has 19 heavy (non-hydrogen) atoms. The number of rotatable bonds is 6. The lowest BCUT2D eigenvalue weighted by atomic mass is 10.3. The number of furan rings is 1. The molecule has 0 fully saturated rings. The normalized spacial score (nSPS) is 10.7. The first-order valence-corrected chi connectivity index (χ1v) is 6.54. The Bertz CT molecular complexity index is 524. The van der Waals surface area contributed by atoms with E-state index in [2.05, 4.69) is 21.8 Å². The smallest absolute Gasteiger partial charge is 0.132 e. The number of hydrogen-bond donors (Lipinski definition) is 1. The van der Waals surface area contributed by atoms with Gasteiger partial charge in [-0.15, -0.1) is 0 Å². The minimum absolute atomic E-state index is 0.597. The van der Waals surface area contributed by atoms with Crippen molar-refractivity contribution in [3.63, 3.8) is 0 Å². The predicted octanol–water partition coefficient (Wildman–Crippen LogP) is 1.91. The molecule has 0 bridgehead atoms. The first-order valence-electron chi connectivity index (χ1n) is 6.54. The minimum atomic E-state index is 0.597. The average Bonchev–Trinajstić information content (AvgIpc) is 2.82. The van der Waals surface area contributed by atoms with Crippen molar-refractivity contribution in [2.45, 2.75) is 26.8 Å². The summed E-state index contributed by atoms with van der Waals surface area (Å²) in [7, 11) is 0. The molecule has 0 saturated heterocycles. The molecule has 2 rings (SSSR count). The molecule has 0 saturated carbocycles. The van der Waals surface area contributed by atoms with Crippen molar-refractivity contribution >= 4 is 5.82 Å². The molecule has 2 N–H and O–H groups in total. The second kappa shape index (κ2) is 6.33. The van der Waals surface area contributed by atoms with Crippen LogP contribution in [0.4, 0.5) is 5.82 Å². The number of hydrogen-bond acceptors (Lipinski definition) is 5. The zero-order chi connectivity index (χ0) is 13.7. The molecule has 0 aliphatic carbocycles. The highest BCUT2D eigenvalue weighted by atomic mass is 16.3. The van der Waals surface area contributed by atoms with Crippen LogP contribution < -0.4 is 10.6 Å². The number of anilines is 1. The molecule has 0 aromatic carbocycles.